The van der Waals surface area contributed by atoms with Gasteiger partial charge in [0.15, 0.2) is 0 Å². The molecule has 1 saturated heterocycles. The summed E-state index contributed by atoms with van der Waals surface area (Å²) in [5.74, 6) is -0.151. The number of phenols is 1. The van der Waals surface area contributed by atoms with Gasteiger partial charge in [-0.05, 0) is 37.6 Å². The fraction of sp³-hybridized carbons (Fsp3) is 0.385. The number of nitrogens with one attached hydrogen (secondary N) is 1. The molecule has 1 unspecified atom stereocenters. The summed E-state index contributed by atoms with van der Waals surface area (Å²) in [6.07, 6.45) is 0. The van der Waals surface area contributed by atoms with Gasteiger partial charge in [0.25, 0.3) is 5.91 Å². The van der Waals surface area contributed by atoms with Crippen LogP contribution in [0.15, 0.2) is 18.2 Å². The summed E-state index contributed by atoms with van der Waals surface area (Å²) in [4.78, 5) is 25.3. The van der Waals surface area contributed by atoms with E-state index in [0.717, 1.165) is 0 Å². The van der Waals surface area contributed by atoms with E-state index in [1.807, 2.05) is 0 Å². The molecule has 5 nitrogen and oxygen atoms in total. The number of aromatic hydroxyl groups is 1. The van der Waals surface area contributed by atoms with E-state index in [-0.39, 0.29) is 17.6 Å². The number of phenolic OH excluding ortho intramolecular Hbond substituents is 1. The highest BCUT2D eigenvalue weighted by Crippen LogP contribution is 2.19. The van der Waals surface area contributed by atoms with Crippen molar-refractivity contribution in [2.24, 2.45) is 0 Å². The second kappa shape index (κ2) is 4.68. The van der Waals surface area contributed by atoms with Crippen molar-refractivity contribution in [3.05, 3.63) is 29.3 Å². The third kappa shape index (κ3) is 2.16. The number of carbonyl (C=O) groups excluding carboxylic acids is 2. The van der Waals surface area contributed by atoms with Gasteiger partial charge in [-0.3, -0.25) is 9.59 Å². The van der Waals surface area contributed by atoms with Crippen LogP contribution < -0.4 is 5.32 Å². The van der Waals surface area contributed by atoms with Crippen molar-refractivity contribution in [1.82, 2.24) is 10.2 Å². The molecule has 0 radical (unpaired) electrons. The molecular weight excluding hydrogens is 232 g/mol. The molecule has 5 heteroatoms. The zero-order chi connectivity index (χ0) is 13.3. The van der Waals surface area contributed by atoms with E-state index >= 15 is 0 Å². The summed E-state index contributed by atoms with van der Waals surface area (Å²) >= 11 is 0. The third-order valence-electron chi connectivity index (χ3n) is 3.20. The van der Waals surface area contributed by atoms with Crippen LogP contribution in [-0.4, -0.2) is 41.0 Å². The summed E-state index contributed by atoms with van der Waals surface area (Å²) in [6.45, 7) is 4.43. The first-order valence-electron chi connectivity index (χ1n) is 5.89. The Bertz CT molecular complexity index is 499. The lowest BCUT2D eigenvalue weighted by atomic mass is 10.1. The minimum Gasteiger partial charge on any atom is -0.508 e. The van der Waals surface area contributed by atoms with Crippen molar-refractivity contribution in [3.8, 4) is 5.75 Å². The van der Waals surface area contributed by atoms with Crippen molar-refractivity contribution >= 4 is 11.8 Å². The number of benzene rings is 1. The number of amides is 2. The lowest BCUT2D eigenvalue weighted by molar-refractivity contribution is -0.127. The molecule has 2 rings (SSSR count). The van der Waals surface area contributed by atoms with Crippen molar-refractivity contribution in [2.45, 2.75) is 19.9 Å². The van der Waals surface area contributed by atoms with Crippen LogP contribution in [0.3, 0.4) is 0 Å². The summed E-state index contributed by atoms with van der Waals surface area (Å²) in [7, 11) is 0. The molecule has 1 fully saturated rings. The molecule has 1 atom stereocenters. The van der Waals surface area contributed by atoms with Gasteiger partial charge < -0.3 is 15.3 Å². The minimum absolute atomic E-state index is 0.134. The average molecular weight is 248 g/mol. The molecule has 2 amide bonds. The normalized spacial score (nSPS) is 19.6. The Hall–Kier alpha value is -2.04. The van der Waals surface area contributed by atoms with Crippen molar-refractivity contribution in [2.75, 3.05) is 13.1 Å². The molecular formula is C13H16N2O3. The quantitative estimate of drug-likeness (QED) is 0.767. The monoisotopic (exact) mass is 248 g/mol. The standard InChI is InChI=1S/C13H16N2O3/c1-8-7-10(3-4-11(8)16)13(18)15-6-5-14-12(17)9(15)2/h3-4,7,9,16H,5-6H2,1-2H3,(H,14,17). The second-order valence-corrected chi connectivity index (χ2v) is 4.47. The van der Waals surface area contributed by atoms with Gasteiger partial charge in [0.2, 0.25) is 5.91 Å². The molecule has 1 aromatic rings. The van der Waals surface area contributed by atoms with Gasteiger partial charge >= 0.3 is 0 Å². The Morgan fingerprint density at radius 1 is 1.50 bits per heavy atom. The molecule has 18 heavy (non-hydrogen) atoms. The number of piperazine rings is 1. The number of hydrogen-bond donors (Lipinski definition) is 2. The van der Waals surface area contributed by atoms with E-state index in [4.69, 9.17) is 0 Å². The van der Waals surface area contributed by atoms with Gasteiger partial charge in [-0.2, -0.15) is 0 Å². The van der Waals surface area contributed by atoms with E-state index in [9.17, 15) is 14.7 Å². The van der Waals surface area contributed by atoms with Gasteiger partial charge in [-0.15, -0.1) is 0 Å². The molecule has 2 N–H and O–H groups in total. The Balaban J connectivity index is 2.25. The van der Waals surface area contributed by atoms with Gasteiger partial charge in [-0.25, -0.2) is 0 Å². The Morgan fingerprint density at radius 2 is 2.22 bits per heavy atom. The van der Waals surface area contributed by atoms with Gasteiger partial charge in [-0.1, -0.05) is 0 Å². The lowest BCUT2D eigenvalue weighted by Crippen LogP contribution is -2.55. The van der Waals surface area contributed by atoms with Crippen LogP contribution in [0.2, 0.25) is 0 Å². The number of hydrogen-bond acceptors (Lipinski definition) is 3. The zero-order valence-corrected chi connectivity index (χ0v) is 10.4. The summed E-state index contributed by atoms with van der Waals surface area (Å²) in [5, 5.41) is 12.2. The van der Waals surface area contributed by atoms with Crippen molar-refractivity contribution < 1.29 is 14.7 Å². The van der Waals surface area contributed by atoms with E-state index in [2.05, 4.69) is 5.32 Å². The Labute approximate surface area is 105 Å². The van der Waals surface area contributed by atoms with E-state index < -0.39 is 6.04 Å². The van der Waals surface area contributed by atoms with Crippen LogP contribution in [0, 0.1) is 6.92 Å². The fourth-order valence-electron chi connectivity index (χ4n) is 2.01. The largest absolute Gasteiger partial charge is 0.508 e. The molecule has 0 aromatic heterocycles. The average Bonchev–Trinajstić information content (AvgIpc) is 2.35. The van der Waals surface area contributed by atoms with Crippen LogP contribution in [-0.2, 0) is 4.79 Å². The predicted octanol–water partition coefficient (Wildman–Crippen LogP) is 0.661. The number of nitrogens with zero attached hydrogens (tertiary/aromatic N) is 1. The van der Waals surface area contributed by atoms with Crippen LogP contribution in [0.25, 0.3) is 0 Å². The maximum atomic E-state index is 12.3. The van der Waals surface area contributed by atoms with Crippen LogP contribution in [0.5, 0.6) is 5.75 Å². The summed E-state index contributed by atoms with van der Waals surface area (Å²) < 4.78 is 0. The molecule has 0 bridgehead atoms. The molecule has 1 heterocycles. The summed E-state index contributed by atoms with van der Waals surface area (Å²) in [6, 6.07) is 4.25. The van der Waals surface area contributed by atoms with E-state index in [1.54, 1.807) is 30.9 Å². The molecule has 0 saturated carbocycles. The van der Waals surface area contributed by atoms with Crippen LogP contribution >= 0.6 is 0 Å². The predicted molar refractivity (Wildman–Crippen MR) is 66.4 cm³/mol. The molecule has 1 aliphatic rings. The maximum absolute atomic E-state index is 12.3. The number of carbonyl (C=O) groups is 2. The fourth-order valence-corrected chi connectivity index (χ4v) is 2.01. The SMILES string of the molecule is Cc1cc(C(=O)N2CCNC(=O)C2C)ccc1O. The summed E-state index contributed by atoms with van der Waals surface area (Å²) in [5.41, 5.74) is 1.14. The Morgan fingerprint density at radius 3 is 2.89 bits per heavy atom. The maximum Gasteiger partial charge on any atom is 0.254 e. The van der Waals surface area contributed by atoms with E-state index in [0.29, 0.717) is 24.2 Å². The van der Waals surface area contributed by atoms with Crippen molar-refractivity contribution in [3.63, 3.8) is 0 Å². The lowest BCUT2D eigenvalue weighted by Gasteiger charge is -2.32. The zero-order valence-electron chi connectivity index (χ0n) is 10.4. The Kier molecular flexibility index (Phi) is 3.23. The highest BCUT2D eigenvalue weighted by molar-refractivity contribution is 5.98. The van der Waals surface area contributed by atoms with Gasteiger partial charge in [0.1, 0.15) is 11.8 Å². The second-order valence-electron chi connectivity index (χ2n) is 4.47. The number of aryl methyl sites for hydroxylation is 1. The topological polar surface area (TPSA) is 69.6 Å². The first-order chi connectivity index (χ1) is 8.50. The van der Waals surface area contributed by atoms with E-state index in [1.165, 1.54) is 6.07 Å². The molecule has 1 aromatic carbocycles. The van der Waals surface area contributed by atoms with Crippen molar-refractivity contribution in [1.29, 1.82) is 0 Å². The molecule has 0 spiro atoms. The van der Waals surface area contributed by atoms with Gasteiger partial charge in [0.05, 0.1) is 0 Å². The third-order valence-corrected chi connectivity index (χ3v) is 3.20. The highest BCUT2D eigenvalue weighted by Gasteiger charge is 2.29. The van der Waals surface area contributed by atoms with Crippen LogP contribution in [0.1, 0.15) is 22.8 Å². The minimum atomic E-state index is -0.458. The number of rotatable bonds is 1. The smallest absolute Gasteiger partial charge is 0.254 e. The first-order valence-corrected chi connectivity index (χ1v) is 5.89. The molecule has 0 aliphatic carbocycles. The van der Waals surface area contributed by atoms with Gasteiger partial charge in [0, 0.05) is 18.7 Å². The van der Waals surface area contributed by atoms with Crippen LogP contribution in [0.4, 0.5) is 0 Å². The highest BCUT2D eigenvalue weighted by atomic mass is 16.3. The molecule has 96 valence electrons. The molecule has 1 aliphatic heterocycles. The first kappa shape index (κ1) is 12.4.